The molecule has 1 aliphatic heterocycles. The molecule has 0 unspecified atom stereocenters. The molecule has 1 aromatic heterocycles. The van der Waals surface area contributed by atoms with E-state index in [0.717, 1.165) is 49.4 Å². The predicted octanol–water partition coefficient (Wildman–Crippen LogP) is 1.27. The van der Waals surface area contributed by atoms with Crippen molar-refractivity contribution in [2.75, 3.05) is 20.2 Å². The van der Waals surface area contributed by atoms with Gasteiger partial charge in [0.2, 0.25) is 0 Å². The van der Waals surface area contributed by atoms with Gasteiger partial charge in [0.25, 0.3) is 0 Å². The van der Waals surface area contributed by atoms with Crippen molar-refractivity contribution >= 4 is 0 Å². The van der Waals surface area contributed by atoms with Gasteiger partial charge in [-0.1, -0.05) is 0 Å². The Balaban J connectivity index is 1.61. The molecule has 0 N–H and O–H groups in total. The number of fused-ring (bicyclic) bond motifs is 1. The van der Waals surface area contributed by atoms with Gasteiger partial charge in [-0.05, 0) is 43.0 Å². The smallest absolute Gasteiger partial charge is 0.350 e. The van der Waals surface area contributed by atoms with Crippen molar-refractivity contribution in [2.24, 2.45) is 5.92 Å². The molecule has 0 amide bonds. The second-order valence-electron chi connectivity index (χ2n) is 6.14. The molecule has 0 bridgehead atoms. The fourth-order valence-electron chi connectivity index (χ4n) is 3.01. The summed E-state index contributed by atoms with van der Waals surface area (Å²) in [5.41, 5.74) is 0.729. The molecule has 2 aliphatic rings. The molecule has 6 heteroatoms. The highest BCUT2D eigenvalue weighted by Crippen LogP contribution is 2.30. The van der Waals surface area contributed by atoms with E-state index < -0.39 is 0 Å². The van der Waals surface area contributed by atoms with Crippen molar-refractivity contribution in [3.8, 4) is 11.4 Å². The second kappa shape index (κ2) is 5.28. The number of hydrogen-bond donors (Lipinski definition) is 0. The second-order valence-corrected chi connectivity index (χ2v) is 6.14. The number of nitrogens with zero attached hydrogens (tertiary/aromatic N) is 4. The zero-order valence-electron chi connectivity index (χ0n) is 12.7. The summed E-state index contributed by atoms with van der Waals surface area (Å²) in [7, 11) is 1.63. The third kappa shape index (κ3) is 2.43. The highest BCUT2D eigenvalue weighted by Gasteiger charge is 2.28. The molecule has 2 aromatic rings. The highest BCUT2D eigenvalue weighted by molar-refractivity contribution is 5.36. The first-order valence-corrected chi connectivity index (χ1v) is 7.80. The summed E-state index contributed by atoms with van der Waals surface area (Å²) in [6.07, 6.45) is 2.70. The molecule has 0 atom stereocenters. The lowest BCUT2D eigenvalue weighted by Crippen LogP contribution is -2.38. The number of aromatic nitrogens is 3. The quantitative estimate of drug-likeness (QED) is 0.853. The Morgan fingerprint density at radius 1 is 1.23 bits per heavy atom. The van der Waals surface area contributed by atoms with Crippen LogP contribution in [-0.4, -0.2) is 39.4 Å². The lowest BCUT2D eigenvalue weighted by Gasteiger charge is -2.26. The van der Waals surface area contributed by atoms with E-state index in [-0.39, 0.29) is 5.69 Å². The first kappa shape index (κ1) is 13.6. The van der Waals surface area contributed by atoms with Crippen LogP contribution in [0.3, 0.4) is 0 Å². The van der Waals surface area contributed by atoms with Gasteiger partial charge in [0.15, 0.2) is 0 Å². The summed E-state index contributed by atoms with van der Waals surface area (Å²) in [6.45, 7) is 3.59. The number of ether oxygens (including phenoxy) is 1. The third-order valence-corrected chi connectivity index (χ3v) is 4.47. The van der Waals surface area contributed by atoms with Crippen molar-refractivity contribution < 1.29 is 4.74 Å². The molecule has 116 valence electrons. The lowest BCUT2D eigenvalue weighted by atomic mass is 10.3. The zero-order chi connectivity index (χ0) is 15.1. The number of rotatable bonds is 4. The maximum Gasteiger partial charge on any atom is 0.350 e. The van der Waals surface area contributed by atoms with Crippen LogP contribution in [0.4, 0.5) is 0 Å². The SMILES string of the molecule is COc1ccc(-n2nc3n(c2=O)CCN(CC2CC2)C3)cc1. The van der Waals surface area contributed by atoms with Gasteiger partial charge in [-0.2, -0.15) is 4.68 Å². The van der Waals surface area contributed by atoms with Gasteiger partial charge in [-0.25, -0.2) is 4.79 Å². The Labute approximate surface area is 128 Å². The highest BCUT2D eigenvalue weighted by atomic mass is 16.5. The summed E-state index contributed by atoms with van der Waals surface area (Å²) < 4.78 is 8.45. The van der Waals surface area contributed by atoms with E-state index in [1.54, 1.807) is 11.7 Å². The van der Waals surface area contributed by atoms with Gasteiger partial charge >= 0.3 is 5.69 Å². The van der Waals surface area contributed by atoms with Crippen LogP contribution in [0.15, 0.2) is 29.1 Å². The minimum Gasteiger partial charge on any atom is -0.497 e. The Morgan fingerprint density at radius 3 is 2.68 bits per heavy atom. The van der Waals surface area contributed by atoms with E-state index in [1.807, 2.05) is 24.3 Å². The normalized spacial score (nSPS) is 18.2. The lowest BCUT2D eigenvalue weighted by molar-refractivity contribution is 0.207. The summed E-state index contributed by atoms with van der Waals surface area (Å²) in [5, 5.41) is 4.54. The predicted molar refractivity (Wildman–Crippen MR) is 82.4 cm³/mol. The average Bonchev–Trinajstić information content (AvgIpc) is 3.30. The van der Waals surface area contributed by atoms with Crippen molar-refractivity contribution in [1.29, 1.82) is 0 Å². The van der Waals surface area contributed by atoms with Crippen LogP contribution in [-0.2, 0) is 13.1 Å². The molecule has 1 aromatic carbocycles. The topological polar surface area (TPSA) is 52.3 Å². The standard InChI is InChI=1S/C16H20N4O2/c1-22-14-6-4-13(5-7-14)20-16(21)19-9-8-18(10-12-2-3-12)11-15(19)17-20/h4-7,12H,2-3,8-11H2,1H3. The first-order chi connectivity index (χ1) is 10.7. The summed E-state index contributed by atoms with van der Waals surface area (Å²) in [4.78, 5) is 14.9. The number of benzene rings is 1. The van der Waals surface area contributed by atoms with E-state index in [1.165, 1.54) is 17.5 Å². The molecular weight excluding hydrogens is 280 g/mol. The Morgan fingerprint density at radius 2 is 2.00 bits per heavy atom. The summed E-state index contributed by atoms with van der Waals surface area (Å²) in [5.74, 6) is 2.51. The molecule has 0 radical (unpaired) electrons. The third-order valence-electron chi connectivity index (χ3n) is 4.47. The molecule has 2 heterocycles. The minimum absolute atomic E-state index is 0.0498. The molecule has 1 saturated carbocycles. The van der Waals surface area contributed by atoms with Gasteiger partial charge in [-0.15, -0.1) is 5.10 Å². The molecule has 1 aliphatic carbocycles. The molecule has 0 saturated heterocycles. The molecular formula is C16H20N4O2. The van der Waals surface area contributed by atoms with Crippen LogP contribution in [0.1, 0.15) is 18.7 Å². The number of hydrogen-bond acceptors (Lipinski definition) is 4. The van der Waals surface area contributed by atoms with Crippen LogP contribution in [0.25, 0.3) is 5.69 Å². The summed E-state index contributed by atoms with van der Waals surface area (Å²) >= 11 is 0. The van der Waals surface area contributed by atoms with Gasteiger partial charge < -0.3 is 4.74 Å². The van der Waals surface area contributed by atoms with Crippen molar-refractivity contribution in [2.45, 2.75) is 25.9 Å². The fraction of sp³-hybridized carbons (Fsp3) is 0.500. The van der Waals surface area contributed by atoms with Crippen molar-refractivity contribution in [3.05, 3.63) is 40.6 Å². The Hall–Kier alpha value is -2.08. The zero-order valence-corrected chi connectivity index (χ0v) is 12.7. The van der Waals surface area contributed by atoms with E-state index in [4.69, 9.17) is 4.74 Å². The van der Waals surface area contributed by atoms with Crippen molar-refractivity contribution in [1.82, 2.24) is 19.2 Å². The molecule has 22 heavy (non-hydrogen) atoms. The fourth-order valence-corrected chi connectivity index (χ4v) is 3.01. The van der Waals surface area contributed by atoms with Crippen LogP contribution >= 0.6 is 0 Å². The number of methoxy groups -OCH3 is 1. The summed E-state index contributed by atoms with van der Waals surface area (Å²) in [6, 6.07) is 7.42. The van der Waals surface area contributed by atoms with Crippen molar-refractivity contribution in [3.63, 3.8) is 0 Å². The molecule has 1 fully saturated rings. The minimum atomic E-state index is -0.0498. The van der Waals surface area contributed by atoms with E-state index in [0.29, 0.717) is 0 Å². The molecule has 6 nitrogen and oxygen atoms in total. The largest absolute Gasteiger partial charge is 0.497 e. The van der Waals surface area contributed by atoms with Gasteiger partial charge in [0.1, 0.15) is 11.6 Å². The Kier molecular flexibility index (Phi) is 3.26. The van der Waals surface area contributed by atoms with E-state index in [2.05, 4.69) is 10.00 Å². The maximum atomic E-state index is 12.5. The van der Waals surface area contributed by atoms with E-state index in [9.17, 15) is 4.79 Å². The Bertz CT molecular complexity index is 728. The monoisotopic (exact) mass is 300 g/mol. The van der Waals surface area contributed by atoms with Crippen LogP contribution in [0, 0.1) is 5.92 Å². The molecule has 0 spiro atoms. The van der Waals surface area contributed by atoms with Crippen LogP contribution in [0.2, 0.25) is 0 Å². The van der Waals surface area contributed by atoms with Gasteiger partial charge in [0, 0.05) is 19.6 Å². The van der Waals surface area contributed by atoms with Crippen LogP contribution in [0.5, 0.6) is 5.75 Å². The maximum absolute atomic E-state index is 12.5. The van der Waals surface area contributed by atoms with Gasteiger partial charge in [0.05, 0.1) is 19.3 Å². The molecule has 4 rings (SSSR count). The van der Waals surface area contributed by atoms with Gasteiger partial charge in [-0.3, -0.25) is 9.47 Å². The van der Waals surface area contributed by atoms with E-state index >= 15 is 0 Å². The van der Waals surface area contributed by atoms with Crippen LogP contribution < -0.4 is 10.4 Å². The first-order valence-electron chi connectivity index (χ1n) is 7.80. The average molecular weight is 300 g/mol.